The summed E-state index contributed by atoms with van der Waals surface area (Å²) >= 11 is 6.16. The molecule has 3 N–H and O–H groups in total. The highest BCUT2D eigenvalue weighted by Gasteiger charge is 2.22. The molecule has 0 atom stereocenters. The number of carbonyl (C=O) groups is 1. The van der Waals surface area contributed by atoms with Crippen LogP contribution in [-0.2, 0) is 4.79 Å². The highest BCUT2D eigenvalue weighted by molar-refractivity contribution is 6.30. The summed E-state index contributed by atoms with van der Waals surface area (Å²) in [6.07, 6.45) is 4.04. The molecule has 4 rings (SSSR count). The molecule has 1 fully saturated rings. The summed E-state index contributed by atoms with van der Waals surface area (Å²) in [6.45, 7) is 9.95. The molecule has 8 nitrogen and oxygen atoms in total. The lowest BCUT2D eigenvalue weighted by atomic mass is 9.93. The zero-order valence-corrected chi connectivity index (χ0v) is 20.7. The molecule has 1 aliphatic rings. The molecule has 0 bridgehead atoms. The molecule has 0 saturated carbocycles. The van der Waals surface area contributed by atoms with Gasteiger partial charge in [0.05, 0.1) is 6.20 Å². The van der Waals surface area contributed by atoms with Crippen molar-refractivity contribution in [1.29, 1.82) is 0 Å². The van der Waals surface area contributed by atoms with E-state index < -0.39 is 0 Å². The van der Waals surface area contributed by atoms with Gasteiger partial charge in [0.2, 0.25) is 0 Å². The van der Waals surface area contributed by atoms with Crippen LogP contribution in [0.5, 0.6) is 0 Å². The van der Waals surface area contributed by atoms with Crippen molar-refractivity contribution in [3.63, 3.8) is 0 Å². The van der Waals surface area contributed by atoms with E-state index in [2.05, 4.69) is 60.5 Å². The second-order valence-corrected chi connectivity index (χ2v) is 10.1. The largest absolute Gasteiger partial charge is 0.369 e. The van der Waals surface area contributed by atoms with Gasteiger partial charge in [0.25, 0.3) is 5.91 Å². The van der Waals surface area contributed by atoms with E-state index >= 15 is 0 Å². The third-order valence-electron chi connectivity index (χ3n) is 5.40. The molecular formula is C25H30ClN7O. The van der Waals surface area contributed by atoms with Crippen LogP contribution in [0.1, 0.15) is 25.8 Å². The lowest BCUT2D eigenvalue weighted by molar-refractivity contribution is -0.115. The zero-order valence-electron chi connectivity index (χ0n) is 19.9. The highest BCUT2D eigenvalue weighted by Crippen LogP contribution is 2.27. The van der Waals surface area contributed by atoms with Crippen LogP contribution in [0.15, 0.2) is 54.4 Å². The van der Waals surface area contributed by atoms with Crippen LogP contribution < -0.4 is 16.0 Å². The van der Waals surface area contributed by atoms with Gasteiger partial charge in [-0.15, -0.1) is 0 Å². The number of halogens is 1. The van der Waals surface area contributed by atoms with E-state index in [0.717, 1.165) is 30.2 Å². The zero-order chi connectivity index (χ0) is 24.5. The molecule has 3 aromatic rings. The maximum atomic E-state index is 12.2. The van der Waals surface area contributed by atoms with Gasteiger partial charge in [-0.2, -0.15) is 9.61 Å². The van der Waals surface area contributed by atoms with Crippen LogP contribution >= 0.6 is 11.6 Å². The van der Waals surface area contributed by atoms with Crippen LogP contribution in [0.3, 0.4) is 0 Å². The van der Waals surface area contributed by atoms with E-state index in [4.69, 9.17) is 16.6 Å². The van der Waals surface area contributed by atoms with Gasteiger partial charge in [-0.1, -0.05) is 38.1 Å². The summed E-state index contributed by atoms with van der Waals surface area (Å²) in [5.74, 6) is 1.30. The monoisotopic (exact) mass is 479 g/mol. The van der Waals surface area contributed by atoms with Gasteiger partial charge in [0.15, 0.2) is 5.65 Å². The van der Waals surface area contributed by atoms with Gasteiger partial charge in [-0.25, -0.2) is 4.98 Å². The number of anilines is 3. The lowest BCUT2D eigenvalue weighted by Crippen LogP contribution is -2.34. The molecule has 3 heterocycles. The van der Waals surface area contributed by atoms with Gasteiger partial charge in [0, 0.05) is 53.1 Å². The first kappa shape index (κ1) is 23.8. The number of hydrogen-bond acceptors (Lipinski definition) is 6. The molecular weight excluding hydrogens is 450 g/mol. The lowest BCUT2D eigenvalue weighted by Gasteiger charge is -2.29. The van der Waals surface area contributed by atoms with E-state index in [-0.39, 0.29) is 11.3 Å². The highest BCUT2D eigenvalue weighted by atomic mass is 35.5. The average Bonchev–Trinajstić information content (AvgIpc) is 3.28. The first-order valence-corrected chi connectivity index (χ1v) is 11.5. The Hall–Kier alpha value is -3.36. The van der Waals surface area contributed by atoms with Crippen LogP contribution in [0, 0.1) is 5.41 Å². The van der Waals surface area contributed by atoms with Crippen LogP contribution in [0.4, 0.5) is 17.3 Å². The molecule has 1 aromatic carbocycles. The number of hydrogen-bond donors (Lipinski definition) is 3. The molecule has 1 aliphatic heterocycles. The number of fused-ring (bicyclic) bond motifs is 1. The Morgan fingerprint density at radius 1 is 1.32 bits per heavy atom. The molecule has 0 radical (unpaired) electrons. The first-order valence-electron chi connectivity index (χ1n) is 11.1. The van der Waals surface area contributed by atoms with E-state index in [9.17, 15) is 4.79 Å². The van der Waals surface area contributed by atoms with Crippen molar-refractivity contribution in [1.82, 2.24) is 24.8 Å². The normalized spacial score (nSPS) is 15.4. The smallest absolute Gasteiger partial charge is 0.251 e. The summed E-state index contributed by atoms with van der Waals surface area (Å²) < 4.78 is 1.77. The summed E-state index contributed by atoms with van der Waals surface area (Å²) in [6, 6.07) is 9.40. The van der Waals surface area contributed by atoms with Crippen molar-refractivity contribution in [2.45, 2.75) is 20.3 Å². The number of nitrogens with zero attached hydrogens (tertiary/aromatic N) is 4. The predicted octanol–water partition coefficient (Wildman–Crippen LogP) is 4.54. The summed E-state index contributed by atoms with van der Waals surface area (Å²) in [5, 5.41) is 14.8. The molecule has 1 amide bonds. The molecule has 0 aliphatic carbocycles. The Morgan fingerprint density at radius 3 is 2.79 bits per heavy atom. The number of benzene rings is 1. The molecule has 9 heteroatoms. The average molecular weight is 480 g/mol. The molecule has 34 heavy (non-hydrogen) atoms. The quantitative estimate of drug-likeness (QED) is 0.411. The fraction of sp³-hybridized carbons (Fsp3) is 0.320. The molecule has 1 saturated heterocycles. The fourth-order valence-electron chi connectivity index (χ4n) is 4.13. The summed E-state index contributed by atoms with van der Waals surface area (Å²) in [5.41, 5.74) is 3.57. The second-order valence-electron chi connectivity index (χ2n) is 9.66. The predicted molar refractivity (Wildman–Crippen MR) is 138 cm³/mol. The number of amides is 1. The number of aromatic nitrogens is 3. The molecule has 178 valence electrons. The van der Waals surface area contributed by atoms with Gasteiger partial charge in [0.1, 0.15) is 11.6 Å². The topological polar surface area (TPSA) is 86.6 Å². The summed E-state index contributed by atoms with van der Waals surface area (Å²) in [7, 11) is 4.14. The van der Waals surface area contributed by atoms with Crippen molar-refractivity contribution >= 4 is 46.6 Å². The van der Waals surface area contributed by atoms with Crippen molar-refractivity contribution in [3.05, 3.63) is 65.0 Å². The van der Waals surface area contributed by atoms with Gasteiger partial charge in [-0.3, -0.25) is 4.79 Å². The minimum Gasteiger partial charge on any atom is -0.369 e. The Bertz CT molecular complexity index is 1280. The maximum absolute atomic E-state index is 12.2. The maximum Gasteiger partial charge on any atom is 0.251 e. The number of rotatable bonds is 8. The first-order chi connectivity index (χ1) is 16.1. The Balaban J connectivity index is 1.73. The Labute approximate surface area is 204 Å². The molecule has 0 unspecified atom stereocenters. The van der Waals surface area contributed by atoms with E-state index in [1.807, 2.05) is 36.4 Å². The van der Waals surface area contributed by atoms with E-state index in [0.29, 0.717) is 34.2 Å². The van der Waals surface area contributed by atoms with Crippen LogP contribution in [0.2, 0.25) is 5.02 Å². The van der Waals surface area contributed by atoms with Crippen molar-refractivity contribution < 1.29 is 4.79 Å². The minimum absolute atomic E-state index is 0.0277. The van der Waals surface area contributed by atoms with Gasteiger partial charge < -0.3 is 20.9 Å². The second kappa shape index (κ2) is 9.48. The fourth-order valence-corrected chi connectivity index (χ4v) is 4.32. The Kier molecular flexibility index (Phi) is 6.63. The van der Waals surface area contributed by atoms with Crippen molar-refractivity contribution in [2.75, 3.05) is 37.8 Å². The molecule has 2 aromatic heterocycles. The molecule has 0 spiro atoms. The third-order valence-corrected chi connectivity index (χ3v) is 5.64. The number of nitrogens with one attached hydrogen (secondary N) is 3. The van der Waals surface area contributed by atoms with Gasteiger partial charge in [-0.05, 0) is 43.8 Å². The van der Waals surface area contributed by atoms with Crippen LogP contribution in [-0.4, -0.2) is 52.6 Å². The van der Waals surface area contributed by atoms with Crippen molar-refractivity contribution in [2.24, 2.45) is 5.41 Å². The minimum atomic E-state index is -0.138. The number of allylic oxidation sites excluding steroid dienone is 1. The van der Waals surface area contributed by atoms with E-state index in [1.54, 1.807) is 10.7 Å². The van der Waals surface area contributed by atoms with E-state index in [1.165, 1.54) is 0 Å². The summed E-state index contributed by atoms with van der Waals surface area (Å²) in [4.78, 5) is 19.2. The number of carbonyl (C=O) groups excluding carboxylic acids is 1. The van der Waals surface area contributed by atoms with Crippen molar-refractivity contribution in [3.8, 4) is 0 Å². The Morgan fingerprint density at radius 2 is 2.12 bits per heavy atom. The standard InChI is InChI=1S/C25H30ClN7O/c1-16-9-17(24(34)29-16)10-18-13-28-33-22(27-14-25(2,3)15-32(4)5)12-21(31-23(18)33)30-20-8-6-7-19(26)11-20/h6-8,10-13,27H,1,9,14-15H2,2-5H3,(H,29,34)(H,30,31)/b17-10+. The third kappa shape index (κ3) is 5.58. The van der Waals surface area contributed by atoms with Gasteiger partial charge >= 0.3 is 0 Å². The van der Waals surface area contributed by atoms with Crippen LogP contribution in [0.25, 0.3) is 11.7 Å². The SMILES string of the molecule is C=C1C/C(=C\c2cnn3c(NCC(C)(C)CN(C)C)cc(Nc4cccc(Cl)c4)nc23)C(=O)N1.